The van der Waals surface area contributed by atoms with Gasteiger partial charge >= 0.3 is 0 Å². The van der Waals surface area contributed by atoms with Crippen molar-refractivity contribution >= 4 is 25.7 Å². The lowest BCUT2D eigenvalue weighted by molar-refractivity contribution is 0.573. The second kappa shape index (κ2) is 6.08. The van der Waals surface area contributed by atoms with Gasteiger partial charge in [-0.1, -0.05) is 12.1 Å². The normalized spacial score (nSPS) is 12.6. The van der Waals surface area contributed by atoms with Gasteiger partial charge in [-0.05, 0) is 25.0 Å². The van der Waals surface area contributed by atoms with Gasteiger partial charge in [0.25, 0.3) is 0 Å². The highest BCUT2D eigenvalue weighted by Crippen LogP contribution is 2.25. The third kappa shape index (κ3) is 4.44. The molecule has 1 rings (SSSR count). The zero-order valence-corrected chi connectivity index (χ0v) is 13.2. The van der Waals surface area contributed by atoms with Crippen LogP contribution in [0, 0.1) is 13.8 Å². The minimum atomic E-state index is -3.77. The molecule has 9 heteroatoms. The first kappa shape index (κ1) is 16.9. The second-order valence-corrected chi connectivity index (χ2v) is 8.04. The van der Waals surface area contributed by atoms with Gasteiger partial charge in [-0.15, -0.1) is 0 Å². The van der Waals surface area contributed by atoms with Crippen molar-refractivity contribution in [3.63, 3.8) is 0 Å². The Morgan fingerprint density at radius 1 is 1.00 bits per heavy atom. The summed E-state index contributed by atoms with van der Waals surface area (Å²) < 4.78 is 50.6. The van der Waals surface area contributed by atoms with Crippen molar-refractivity contribution in [1.29, 1.82) is 0 Å². The summed E-state index contributed by atoms with van der Waals surface area (Å²) in [4.78, 5) is 0.0388. The number of aryl methyl sites for hydroxylation is 2. The van der Waals surface area contributed by atoms with Crippen molar-refractivity contribution in [1.82, 2.24) is 9.44 Å². The Labute approximate surface area is 119 Å². The van der Waals surface area contributed by atoms with Crippen LogP contribution in [0.4, 0.5) is 5.69 Å². The molecule has 0 unspecified atom stereocenters. The highest BCUT2D eigenvalue weighted by Gasteiger charge is 2.20. The summed E-state index contributed by atoms with van der Waals surface area (Å²) in [7, 11) is -7.11. The van der Waals surface area contributed by atoms with E-state index in [-0.39, 0.29) is 23.7 Å². The van der Waals surface area contributed by atoms with Crippen molar-refractivity contribution in [3.05, 3.63) is 23.3 Å². The molecule has 0 heterocycles. The molecule has 0 spiro atoms. The lowest BCUT2D eigenvalue weighted by Crippen LogP contribution is -2.34. The SMILES string of the molecule is Cc1ccc(C)c(S(=O)(=O)NCCNS(C)(=O)=O)c1N. The Kier molecular flexibility index (Phi) is 5.14. The molecule has 0 saturated heterocycles. The number of rotatable bonds is 6. The monoisotopic (exact) mass is 321 g/mol. The average molecular weight is 321 g/mol. The molecule has 4 N–H and O–H groups in total. The van der Waals surface area contributed by atoms with Crippen LogP contribution in [-0.4, -0.2) is 36.2 Å². The Bertz CT molecular complexity index is 697. The minimum Gasteiger partial charge on any atom is -0.397 e. The fourth-order valence-electron chi connectivity index (χ4n) is 1.66. The van der Waals surface area contributed by atoms with Crippen molar-refractivity contribution in [2.75, 3.05) is 25.1 Å². The number of nitrogens with two attached hydrogens (primary N) is 1. The predicted molar refractivity (Wildman–Crippen MR) is 78.4 cm³/mol. The molecule has 0 aromatic heterocycles. The standard InChI is InChI=1S/C11H19N3O4S2/c1-8-4-5-9(2)11(10(8)12)20(17,18)14-7-6-13-19(3,15)16/h4-5,13-14H,6-7,12H2,1-3H3. The lowest BCUT2D eigenvalue weighted by atomic mass is 10.1. The van der Waals surface area contributed by atoms with Crippen LogP contribution < -0.4 is 15.2 Å². The first-order valence-electron chi connectivity index (χ1n) is 5.84. The van der Waals surface area contributed by atoms with Gasteiger partial charge in [0, 0.05) is 13.1 Å². The summed E-state index contributed by atoms with van der Waals surface area (Å²) in [6.07, 6.45) is 1.00. The number of benzene rings is 1. The van der Waals surface area contributed by atoms with E-state index in [4.69, 9.17) is 5.73 Å². The molecular weight excluding hydrogens is 302 g/mol. The van der Waals surface area contributed by atoms with Crippen molar-refractivity contribution in [2.24, 2.45) is 0 Å². The summed E-state index contributed by atoms with van der Waals surface area (Å²) in [5.74, 6) is 0. The Morgan fingerprint density at radius 2 is 1.50 bits per heavy atom. The topological polar surface area (TPSA) is 118 Å². The summed E-state index contributed by atoms with van der Waals surface area (Å²) in [5.41, 5.74) is 7.22. The molecule has 0 atom stereocenters. The van der Waals surface area contributed by atoms with E-state index in [1.807, 2.05) is 0 Å². The number of nitrogen functional groups attached to an aromatic ring is 1. The fraction of sp³-hybridized carbons (Fsp3) is 0.455. The number of sulfonamides is 2. The molecule has 20 heavy (non-hydrogen) atoms. The Balaban J connectivity index is 2.88. The number of hydrogen-bond acceptors (Lipinski definition) is 5. The molecule has 0 radical (unpaired) electrons. The third-order valence-corrected chi connectivity index (χ3v) is 5.05. The zero-order valence-electron chi connectivity index (χ0n) is 11.6. The van der Waals surface area contributed by atoms with Crippen LogP contribution in [0.2, 0.25) is 0 Å². The minimum absolute atomic E-state index is 0.0250. The molecule has 0 aliphatic carbocycles. The van der Waals surface area contributed by atoms with E-state index in [0.717, 1.165) is 6.26 Å². The molecule has 114 valence electrons. The number of anilines is 1. The third-order valence-electron chi connectivity index (χ3n) is 2.66. The highest BCUT2D eigenvalue weighted by atomic mass is 32.2. The maximum absolute atomic E-state index is 12.2. The first-order chi connectivity index (χ1) is 9.04. The smallest absolute Gasteiger partial charge is 0.242 e. The van der Waals surface area contributed by atoms with E-state index < -0.39 is 20.0 Å². The van der Waals surface area contributed by atoms with Gasteiger partial charge in [0.05, 0.1) is 11.9 Å². The molecule has 1 aromatic rings. The van der Waals surface area contributed by atoms with Crippen LogP contribution in [0.15, 0.2) is 17.0 Å². The van der Waals surface area contributed by atoms with Crippen LogP contribution in [0.25, 0.3) is 0 Å². The van der Waals surface area contributed by atoms with Crippen LogP contribution in [0.3, 0.4) is 0 Å². The van der Waals surface area contributed by atoms with Crippen molar-refractivity contribution in [3.8, 4) is 0 Å². The number of hydrogen-bond donors (Lipinski definition) is 3. The van der Waals surface area contributed by atoms with Gasteiger partial charge < -0.3 is 5.73 Å². The molecule has 0 bridgehead atoms. The molecule has 7 nitrogen and oxygen atoms in total. The summed E-state index contributed by atoms with van der Waals surface area (Å²) >= 11 is 0. The predicted octanol–water partition coefficient (Wildman–Crippen LogP) is -0.287. The molecule has 0 saturated carbocycles. The van der Waals surface area contributed by atoms with Crippen molar-refractivity contribution in [2.45, 2.75) is 18.7 Å². The van der Waals surface area contributed by atoms with Crippen LogP contribution in [0.1, 0.15) is 11.1 Å². The van der Waals surface area contributed by atoms with Crippen LogP contribution in [0.5, 0.6) is 0 Å². The van der Waals surface area contributed by atoms with E-state index >= 15 is 0 Å². The quantitative estimate of drug-likeness (QED) is 0.491. The largest absolute Gasteiger partial charge is 0.397 e. The molecule has 0 aliphatic rings. The van der Waals surface area contributed by atoms with Crippen LogP contribution in [-0.2, 0) is 20.0 Å². The maximum Gasteiger partial charge on any atom is 0.242 e. The van der Waals surface area contributed by atoms with Crippen LogP contribution >= 0.6 is 0 Å². The molecule has 0 fully saturated rings. The van der Waals surface area contributed by atoms with Gasteiger partial charge in [-0.2, -0.15) is 0 Å². The summed E-state index contributed by atoms with van der Waals surface area (Å²) in [6, 6.07) is 3.42. The molecular formula is C11H19N3O4S2. The summed E-state index contributed by atoms with van der Waals surface area (Å²) in [5, 5.41) is 0. The van der Waals surface area contributed by atoms with Crippen molar-refractivity contribution < 1.29 is 16.8 Å². The fourth-order valence-corrected chi connectivity index (χ4v) is 3.59. The van der Waals surface area contributed by atoms with E-state index in [2.05, 4.69) is 9.44 Å². The highest BCUT2D eigenvalue weighted by molar-refractivity contribution is 7.89. The Morgan fingerprint density at radius 3 is 2.05 bits per heavy atom. The number of nitrogens with one attached hydrogen (secondary N) is 2. The Hall–Kier alpha value is -1.16. The second-order valence-electron chi connectivity index (χ2n) is 4.51. The summed E-state index contributed by atoms with van der Waals surface area (Å²) in [6.45, 7) is 3.29. The van der Waals surface area contributed by atoms with Gasteiger partial charge in [0.2, 0.25) is 20.0 Å². The lowest BCUT2D eigenvalue weighted by Gasteiger charge is -2.13. The van der Waals surface area contributed by atoms with Gasteiger partial charge in [0.1, 0.15) is 4.90 Å². The van der Waals surface area contributed by atoms with E-state index in [9.17, 15) is 16.8 Å². The molecule has 0 amide bonds. The zero-order chi connectivity index (χ0) is 15.6. The average Bonchev–Trinajstić information content (AvgIpc) is 2.29. The maximum atomic E-state index is 12.2. The van der Waals surface area contributed by atoms with Gasteiger partial charge in [-0.3, -0.25) is 0 Å². The van der Waals surface area contributed by atoms with E-state index in [1.165, 1.54) is 0 Å². The van der Waals surface area contributed by atoms with Gasteiger partial charge in [0.15, 0.2) is 0 Å². The van der Waals surface area contributed by atoms with Gasteiger partial charge in [-0.25, -0.2) is 26.3 Å². The van der Waals surface area contributed by atoms with E-state index in [0.29, 0.717) is 11.1 Å². The first-order valence-corrected chi connectivity index (χ1v) is 9.22. The molecule has 1 aromatic carbocycles. The van der Waals surface area contributed by atoms with E-state index in [1.54, 1.807) is 26.0 Å². The molecule has 0 aliphatic heterocycles.